The van der Waals surface area contributed by atoms with Crippen molar-refractivity contribution in [2.75, 3.05) is 7.11 Å². The number of carbonyl (C=O) groups excluding carboxylic acids is 1. The average Bonchev–Trinajstić information content (AvgIpc) is 2.78. The van der Waals surface area contributed by atoms with Crippen LogP contribution in [0, 0.1) is 0 Å². The van der Waals surface area contributed by atoms with Gasteiger partial charge in [0.05, 0.1) is 0 Å². The number of ether oxygens (including phenoxy) is 1. The molecular weight excluding hydrogens is 238 g/mol. The van der Waals surface area contributed by atoms with Crippen LogP contribution in [0.5, 0.6) is 0 Å². The van der Waals surface area contributed by atoms with E-state index < -0.39 is 0 Å². The Labute approximate surface area is 102 Å². The highest BCUT2D eigenvalue weighted by Gasteiger charge is 1.97. The molecule has 2 aromatic heterocycles. The van der Waals surface area contributed by atoms with Gasteiger partial charge in [0.25, 0.3) is 0 Å². The lowest BCUT2D eigenvalue weighted by atomic mass is 10.4. The minimum atomic E-state index is 0.376. The molecule has 0 amide bonds. The topological polar surface area (TPSA) is 56.5 Å². The third kappa shape index (κ3) is 2.86. The molecule has 0 aliphatic rings. The second-order valence-electron chi connectivity index (χ2n) is 3.22. The van der Waals surface area contributed by atoms with E-state index in [1.54, 1.807) is 25.3 Å². The first-order chi connectivity index (χ1) is 8.33. The zero-order valence-electron chi connectivity index (χ0n) is 9.24. The Kier molecular flexibility index (Phi) is 3.79. The molecule has 0 fully saturated rings. The maximum atomic E-state index is 10.6. The predicted octanol–water partition coefficient (Wildman–Crippen LogP) is 1.59. The molecule has 0 aliphatic carbocycles. The van der Waals surface area contributed by atoms with E-state index in [0.29, 0.717) is 24.5 Å². The summed E-state index contributed by atoms with van der Waals surface area (Å²) in [4.78, 5) is 19.8. The van der Waals surface area contributed by atoms with E-state index in [9.17, 15) is 4.79 Å². The van der Waals surface area contributed by atoms with Crippen LogP contribution < -0.4 is 4.80 Å². The van der Waals surface area contributed by atoms with Crippen LogP contribution in [0.3, 0.4) is 0 Å². The van der Waals surface area contributed by atoms with E-state index in [1.807, 2.05) is 16.1 Å². The highest BCUT2D eigenvalue weighted by molar-refractivity contribution is 7.07. The van der Waals surface area contributed by atoms with Gasteiger partial charge in [0.1, 0.15) is 12.4 Å². The summed E-state index contributed by atoms with van der Waals surface area (Å²) in [6, 6.07) is 5.15. The molecule has 88 valence electrons. The number of thiazole rings is 1. The number of hydrogen-bond acceptors (Lipinski definition) is 5. The van der Waals surface area contributed by atoms with Crippen molar-refractivity contribution in [2.45, 2.75) is 6.73 Å². The van der Waals surface area contributed by atoms with Gasteiger partial charge in [0.2, 0.25) is 0 Å². The van der Waals surface area contributed by atoms with Crippen molar-refractivity contribution in [1.29, 1.82) is 0 Å². The standard InChI is InChI=1S/C11H11N3O2S/c1-16-8-14-5-6-17-11(14)13-10-4-2-3-9(7-15)12-10/h2-7H,8H2,1H3/b13-11-. The third-order valence-corrected chi connectivity index (χ3v) is 2.81. The highest BCUT2D eigenvalue weighted by Crippen LogP contribution is 2.07. The highest BCUT2D eigenvalue weighted by atomic mass is 32.1. The molecule has 2 rings (SSSR count). The Morgan fingerprint density at radius 3 is 3.24 bits per heavy atom. The monoisotopic (exact) mass is 249 g/mol. The second kappa shape index (κ2) is 5.51. The Bertz CT molecular complexity index is 574. The number of nitrogens with zero attached hydrogens (tertiary/aromatic N) is 3. The first kappa shape index (κ1) is 11.7. The van der Waals surface area contributed by atoms with Gasteiger partial charge in [-0.1, -0.05) is 6.07 Å². The molecule has 0 bridgehead atoms. The van der Waals surface area contributed by atoms with Crippen LogP contribution in [0.4, 0.5) is 5.82 Å². The molecule has 0 saturated heterocycles. The summed E-state index contributed by atoms with van der Waals surface area (Å²) < 4.78 is 6.90. The van der Waals surface area contributed by atoms with Crippen LogP contribution in [0.2, 0.25) is 0 Å². The van der Waals surface area contributed by atoms with Gasteiger partial charge >= 0.3 is 0 Å². The summed E-state index contributed by atoms with van der Waals surface area (Å²) in [5, 5.41) is 1.92. The van der Waals surface area contributed by atoms with Crippen LogP contribution in [-0.4, -0.2) is 22.9 Å². The maximum Gasteiger partial charge on any atom is 0.193 e. The second-order valence-corrected chi connectivity index (χ2v) is 4.10. The summed E-state index contributed by atoms with van der Waals surface area (Å²) in [6.07, 6.45) is 2.59. The first-order valence-electron chi connectivity index (χ1n) is 4.93. The van der Waals surface area contributed by atoms with Crippen molar-refractivity contribution in [1.82, 2.24) is 9.55 Å². The van der Waals surface area contributed by atoms with E-state index in [0.717, 1.165) is 4.80 Å². The van der Waals surface area contributed by atoms with Crippen molar-refractivity contribution in [3.05, 3.63) is 40.3 Å². The largest absolute Gasteiger partial charge is 0.364 e. The molecule has 2 heterocycles. The van der Waals surface area contributed by atoms with E-state index in [4.69, 9.17) is 4.74 Å². The maximum absolute atomic E-state index is 10.6. The predicted molar refractivity (Wildman–Crippen MR) is 64.2 cm³/mol. The van der Waals surface area contributed by atoms with Gasteiger partial charge in [0.15, 0.2) is 16.9 Å². The van der Waals surface area contributed by atoms with E-state index in [1.165, 1.54) is 11.3 Å². The molecule has 0 aliphatic heterocycles. The van der Waals surface area contributed by atoms with Crippen molar-refractivity contribution < 1.29 is 9.53 Å². The third-order valence-electron chi connectivity index (χ3n) is 2.02. The molecule has 0 saturated carbocycles. The molecule has 0 N–H and O–H groups in total. The number of aromatic nitrogens is 2. The van der Waals surface area contributed by atoms with Crippen LogP contribution in [-0.2, 0) is 11.5 Å². The number of aldehydes is 1. The summed E-state index contributed by atoms with van der Waals surface area (Å²) in [5.41, 5.74) is 0.376. The molecular formula is C11H11N3O2S. The number of rotatable bonds is 4. The molecule has 0 atom stereocenters. The molecule has 6 heteroatoms. The normalized spacial score (nSPS) is 11.7. The van der Waals surface area contributed by atoms with Gasteiger partial charge in [-0.3, -0.25) is 9.36 Å². The quantitative estimate of drug-likeness (QED) is 0.773. The minimum absolute atomic E-state index is 0.376. The van der Waals surface area contributed by atoms with Gasteiger partial charge in [-0.05, 0) is 12.1 Å². The van der Waals surface area contributed by atoms with Gasteiger partial charge in [-0.15, -0.1) is 11.3 Å². The van der Waals surface area contributed by atoms with Crippen LogP contribution >= 0.6 is 11.3 Å². The Hall–Kier alpha value is -1.79. The van der Waals surface area contributed by atoms with Gasteiger partial charge in [-0.2, -0.15) is 0 Å². The lowest BCUT2D eigenvalue weighted by molar-refractivity contribution is 0.111. The lowest BCUT2D eigenvalue weighted by Gasteiger charge is -1.99. The van der Waals surface area contributed by atoms with E-state index >= 15 is 0 Å². The molecule has 2 aromatic rings. The van der Waals surface area contributed by atoms with Crippen LogP contribution in [0.15, 0.2) is 34.8 Å². The van der Waals surface area contributed by atoms with Crippen molar-refractivity contribution in [3.8, 4) is 0 Å². The Morgan fingerprint density at radius 2 is 2.47 bits per heavy atom. The summed E-state index contributed by atoms with van der Waals surface area (Å²) in [5.74, 6) is 0.516. The number of carbonyl (C=O) groups is 1. The number of methoxy groups -OCH3 is 1. The molecule has 0 radical (unpaired) electrons. The van der Waals surface area contributed by atoms with Gasteiger partial charge in [-0.25, -0.2) is 9.98 Å². The summed E-state index contributed by atoms with van der Waals surface area (Å²) >= 11 is 1.49. The van der Waals surface area contributed by atoms with E-state index in [-0.39, 0.29) is 0 Å². The Morgan fingerprint density at radius 1 is 1.59 bits per heavy atom. The van der Waals surface area contributed by atoms with Crippen LogP contribution in [0.1, 0.15) is 10.5 Å². The van der Waals surface area contributed by atoms with Crippen molar-refractivity contribution in [3.63, 3.8) is 0 Å². The SMILES string of the molecule is COCn1ccs/c1=N\c1cccc(C=O)n1. The fourth-order valence-corrected chi connectivity index (χ4v) is 2.01. The molecule has 0 unspecified atom stereocenters. The summed E-state index contributed by atoms with van der Waals surface area (Å²) in [6.45, 7) is 0.440. The molecule has 5 nitrogen and oxygen atoms in total. The van der Waals surface area contributed by atoms with Gasteiger partial charge < -0.3 is 4.74 Å². The minimum Gasteiger partial charge on any atom is -0.364 e. The number of pyridine rings is 1. The Balaban J connectivity index is 2.40. The van der Waals surface area contributed by atoms with Crippen molar-refractivity contribution in [2.24, 2.45) is 4.99 Å². The van der Waals surface area contributed by atoms with Gasteiger partial charge in [0, 0.05) is 18.7 Å². The zero-order chi connectivity index (χ0) is 12.1. The lowest BCUT2D eigenvalue weighted by Crippen LogP contribution is -2.14. The summed E-state index contributed by atoms with van der Waals surface area (Å²) in [7, 11) is 1.62. The first-order valence-corrected chi connectivity index (χ1v) is 5.81. The van der Waals surface area contributed by atoms with E-state index in [2.05, 4.69) is 9.98 Å². The van der Waals surface area contributed by atoms with Crippen molar-refractivity contribution >= 4 is 23.4 Å². The fraction of sp³-hybridized carbons (Fsp3) is 0.182. The molecule has 0 spiro atoms. The number of hydrogen-bond donors (Lipinski definition) is 0. The smallest absolute Gasteiger partial charge is 0.193 e. The fourth-order valence-electron chi connectivity index (χ4n) is 1.29. The zero-order valence-corrected chi connectivity index (χ0v) is 10.1. The van der Waals surface area contributed by atoms with Crippen LogP contribution in [0.25, 0.3) is 0 Å². The molecule has 0 aromatic carbocycles. The molecule has 17 heavy (non-hydrogen) atoms. The average molecular weight is 249 g/mol.